The first-order chi connectivity index (χ1) is 6.56. The van der Waals surface area contributed by atoms with Crippen molar-refractivity contribution in [3.8, 4) is 0 Å². The minimum atomic E-state index is -3.49. The van der Waals surface area contributed by atoms with E-state index in [-0.39, 0.29) is 4.90 Å². The normalized spacial score (nSPS) is 13.2. The average molecular weight is 231 g/mol. The molecule has 1 aromatic rings. The fourth-order valence-electron chi connectivity index (χ4n) is 0.854. The van der Waals surface area contributed by atoms with Crippen molar-refractivity contribution in [1.82, 2.24) is 4.72 Å². The lowest BCUT2D eigenvalue weighted by molar-refractivity contribution is 0.565. The van der Waals surface area contributed by atoms with Gasteiger partial charge in [-0.15, -0.1) is 0 Å². The van der Waals surface area contributed by atoms with E-state index >= 15 is 0 Å². The maximum absolute atomic E-state index is 11.5. The Kier molecular flexibility index (Phi) is 3.60. The van der Waals surface area contributed by atoms with Crippen LogP contribution in [0.5, 0.6) is 0 Å². The Labute approximate surface area is 86.3 Å². The van der Waals surface area contributed by atoms with E-state index < -0.39 is 16.1 Å². The van der Waals surface area contributed by atoms with Gasteiger partial charge in [0.25, 0.3) is 0 Å². The summed E-state index contributed by atoms with van der Waals surface area (Å²) in [5.74, 6) is 1.54. The van der Waals surface area contributed by atoms with Crippen molar-refractivity contribution >= 4 is 27.3 Å². The topological polar surface area (TPSA) is 63.2 Å². The molecule has 0 spiro atoms. The van der Waals surface area contributed by atoms with Gasteiger partial charge in [-0.3, -0.25) is 0 Å². The van der Waals surface area contributed by atoms with E-state index in [2.05, 4.69) is 4.72 Å². The smallest absolute Gasteiger partial charge is 0.234 e. The lowest BCUT2D eigenvalue weighted by atomic mass is 10.4. The summed E-state index contributed by atoms with van der Waals surface area (Å²) in [6.45, 7) is 1.56. The number of rotatable bonds is 4. The number of hydrogen-bond donors (Lipinski definition) is 1. The first-order valence-corrected chi connectivity index (χ1v) is 6.24. The van der Waals surface area contributed by atoms with Crippen molar-refractivity contribution in [2.45, 2.75) is 17.9 Å². The summed E-state index contributed by atoms with van der Waals surface area (Å²) >= 11 is 1.30. The third kappa shape index (κ3) is 2.78. The van der Waals surface area contributed by atoms with Gasteiger partial charge >= 0.3 is 0 Å². The summed E-state index contributed by atoms with van der Waals surface area (Å²) in [7, 11) is -3.49. The molecule has 1 N–H and O–H groups in total. The highest BCUT2D eigenvalue weighted by Gasteiger charge is 2.15. The molecule has 0 radical (unpaired) electrons. The third-order valence-corrected chi connectivity index (χ3v) is 3.85. The van der Waals surface area contributed by atoms with Gasteiger partial charge in [0.15, 0.2) is 0 Å². The molecule has 14 heavy (non-hydrogen) atoms. The van der Waals surface area contributed by atoms with Crippen LogP contribution >= 0.6 is 11.3 Å². The van der Waals surface area contributed by atoms with Crippen LogP contribution in [0.4, 0.5) is 0 Å². The van der Waals surface area contributed by atoms with Crippen LogP contribution in [0.2, 0.25) is 0 Å². The van der Waals surface area contributed by atoms with Crippen LogP contribution in [0.15, 0.2) is 27.8 Å². The lowest BCUT2D eigenvalue weighted by Gasteiger charge is -2.07. The van der Waals surface area contributed by atoms with Gasteiger partial charge in [-0.05, 0) is 18.4 Å². The molecule has 0 aliphatic carbocycles. The molecule has 1 rings (SSSR count). The molecule has 1 atom stereocenters. The number of nitrogens with one attached hydrogen (secondary N) is 1. The van der Waals surface area contributed by atoms with Crippen LogP contribution < -0.4 is 4.72 Å². The maximum Gasteiger partial charge on any atom is 0.241 e. The molecule has 1 aromatic heterocycles. The maximum atomic E-state index is 11.5. The van der Waals surface area contributed by atoms with E-state index in [9.17, 15) is 13.2 Å². The zero-order chi connectivity index (χ0) is 10.6. The van der Waals surface area contributed by atoms with E-state index in [1.807, 2.05) is 0 Å². The molecule has 0 amide bonds. The van der Waals surface area contributed by atoms with Gasteiger partial charge in [-0.1, -0.05) is 0 Å². The molecule has 0 saturated heterocycles. The standard InChI is InChI=1S/C8H9NO3S2/c1-7(2-4-10)9-14(11,12)8-3-5-13-6-8/h2-3,5-7,9H,1H3. The van der Waals surface area contributed by atoms with E-state index in [0.29, 0.717) is 0 Å². The monoisotopic (exact) mass is 231 g/mol. The summed E-state index contributed by atoms with van der Waals surface area (Å²) in [5, 5.41) is 3.20. The summed E-state index contributed by atoms with van der Waals surface area (Å²) in [4.78, 5) is 10.2. The molecular formula is C8H9NO3S2. The van der Waals surface area contributed by atoms with Crippen LogP contribution in [-0.2, 0) is 14.8 Å². The number of carbonyl (C=O) groups excluding carboxylic acids is 1. The molecular weight excluding hydrogens is 222 g/mol. The largest absolute Gasteiger partial charge is 0.241 e. The number of thiophene rings is 1. The van der Waals surface area contributed by atoms with Gasteiger partial charge in [0, 0.05) is 17.5 Å². The Bertz CT molecular complexity index is 429. The Balaban J connectivity index is 2.83. The first kappa shape index (κ1) is 11.1. The van der Waals surface area contributed by atoms with Crippen molar-refractivity contribution in [2.75, 3.05) is 0 Å². The fourth-order valence-corrected chi connectivity index (χ4v) is 3.07. The molecule has 0 aliphatic rings. The number of sulfonamides is 1. The molecule has 6 heteroatoms. The quantitative estimate of drug-likeness (QED) is 0.780. The van der Waals surface area contributed by atoms with Gasteiger partial charge in [-0.25, -0.2) is 17.9 Å². The van der Waals surface area contributed by atoms with Crippen molar-refractivity contribution in [1.29, 1.82) is 0 Å². The molecule has 0 aliphatic heterocycles. The molecule has 1 heterocycles. The zero-order valence-corrected chi connectivity index (χ0v) is 9.06. The summed E-state index contributed by atoms with van der Waals surface area (Å²) in [6, 6.07) is 0.960. The SMILES string of the molecule is CC(C=C=O)NS(=O)(=O)c1ccsc1. The second kappa shape index (κ2) is 4.52. The van der Waals surface area contributed by atoms with Gasteiger partial charge in [0.2, 0.25) is 10.0 Å². The van der Waals surface area contributed by atoms with Crippen LogP contribution in [0.25, 0.3) is 0 Å². The van der Waals surface area contributed by atoms with Gasteiger partial charge in [-0.2, -0.15) is 11.3 Å². The van der Waals surface area contributed by atoms with Crippen molar-refractivity contribution in [3.63, 3.8) is 0 Å². The predicted octanol–water partition coefficient (Wildman–Crippen LogP) is 0.803. The van der Waals surface area contributed by atoms with Crippen molar-refractivity contribution in [3.05, 3.63) is 22.9 Å². The Morgan fingerprint density at radius 3 is 2.86 bits per heavy atom. The van der Waals surface area contributed by atoms with Crippen LogP contribution in [0, 0.1) is 0 Å². The Morgan fingerprint density at radius 1 is 1.64 bits per heavy atom. The minimum Gasteiger partial charge on any atom is -0.234 e. The molecule has 1 unspecified atom stereocenters. The third-order valence-electron chi connectivity index (χ3n) is 1.46. The second-order valence-electron chi connectivity index (χ2n) is 2.65. The highest BCUT2D eigenvalue weighted by Crippen LogP contribution is 2.12. The van der Waals surface area contributed by atoms with E-state index in [4.69, 9.17) is 0 Å². The summed E-state index contributed by atoms with van der Waals surface area (Å²) in [5.41, 5.74) is 0. The van der Waals surface area contributed by atoms with Gasteiger partial charge < -0.3 is 0 Å². The molecule has 0 aromatic carbocycles. The van der Waals surface area contributed by atoms with Gasteiger partial charge in [0.1, 0.15) is 5.94 Å². The molecule has 4 nitrogen and oxygen atoms in total. The Morgan fingerprint density at radius 2 is 2.36 bits per heavy atom. The zero-order valence-electron chi connectivity index (χ0n) is 7.43. The van der Waals surface area contributed by atoms with Crippen molar-refractivity contribution < 1.29 is 13.2 Å². The highest BCUT2D eigenvalue weighted by molar-refractivity contribution is 7.89. The fraction of sp³-hybridized carbons (Fsp3) is 0.250. The highest BCUT2D eigenvalue weighted by atomic mass is 32.2. The summed E-state index contributed by atoms with van der Waals surface area (Å²) < 4.78 is 25.4. The van der Waals surface area contributed by atoms with Crippen LogP contribution in [0.3, 0.4) is 0 Å². The first-order valence-electron chi connectivity index (χ1n) is 3.82. The second-order valence-corrected chi connectivity index (χ2v) is 5.15. The Hall–Kier alpha value is -0.940. The van der Waals surface area contributed by atoms with Crippen molar-refractivity contribution in [2.24, 2.45) is 0 Å². The van der Waals surface area contributed by atoms with Crippen LogP contribution in [-0.4, -0.2) is 20.4 Å². The van der Waals surface area contributed by atoms with E-state index in [1.54, 1.807) is 12.3 Å². The summed E-state index contributed by atoms with van der Waals surface area (Å²) in [6.07, 6.45) is 1.11. The van der Waals surface area contributed by atoms with Gasteiger partial charge in [0.05, 0.1) is 4.90 Å². The van der Waals surface area contributed by atoms with E-state index in [1.165, 1.54) is 28.7 Å². The predicted molar refractivity (Wildman–Crippen MR) is 54.4 cm³/mol. The molecule has 76 valence electrons. The molecule has 0 bridgehead atoms. The lowest BCUT2D eigenvalue weighted by Crippen LogP contribution is -2.30. The average Bonchev–Trinajstić information content (AvgIpc) is 2.54. The molecule has 0 fully saturated rings. The number of hydrogen-bond acceptors (Lipinski definition) is 4. The molecule has 0 saturated carbocycles. The minimum absolute atomic E-state index is 0.216. The van der Waals surface area contributed by atoms with Crippen LogP contribution in [0.1, 0.15) is 6.92 Å². The van der Waals surface area contributed by atoms with E-state index in [0.717, 1.165) is 6.08 Å².